The third-order valence-electron chi connectivity index (χ3n) is 4.63. The number of hydrogen-bond donors (Lipinski definition) is 2. The molecule has 114 valence electrons. The van der Waals surface area contributed by atoms with E-state index in [1.807, 2.05) is 12.1 Å². The van der Waals surface area contributed by atoms with Gasteiger partial charge in [-0.15, -0.1) is 0 Å². The molecule has 0 fully saturated rings. The molecule has 4 N–H and O–H groups in total. The first-order chi connectivity index (χ1) is 11.1. The summed E-state index contributed by atoms with van der Waals surface area (Å²) in [6, 6.07) is 16.7. The SMILES string of the molecule is C[n+]1c2c(c3ccc(N)cc3c1-c1ccccc1)C=CC(N)C2. The third kappa shape index (κ3) is 2.21. The second-order valence-corrected chi connectivity index (χ2v) is 6.17. The summed E-state index contributed by atoms with van der Waals surface area (Å²) in [5.41, 5.74) is 17.9. The summed E-state index contributed by atoms with van der Waals surface area (Å²) in [5, 5.41) is 2.41. The van der Waals surface area contributed by atoms with Crippen molar-refractivity contribution in [2.24, 2.45) is 12.8 Å². The Hall–Kier alpha value is -2.65. The van der Waals surface area contributed by atoms with E-state index in [0.29, 0.717) is 0 Å². The largest absolute Gasteiger partial charge is 0.399 e. The molecule has 0 saturated carbocycles. The van der Waals surface area contributed by atoms with Gasteiger partial charge in [0.05, 0.1) is 11.8 Å². The van der Waals surface area contributed by atoms with Crippen LogP contribution in [0.15, 0.2) is 54.6 Å². The zero-order chi connectivity index (χ0) is 16.0. The number of anilines is 1. The van der Waals surface area contributed by atoms with Gasteiger partial charge in [0.25, 0.3) is 0 Å². The van der Waals surface area contributed by atoms with Crippen molar-refractivity contribution < 1.29 is 4.57 Å². The Labute approximate surface area is 135 Å². The Morgan fingerprint density at radius 2 is 1.83 bits per heavy atom. The fraction of sp³-hybridized carbons (Fsp3) is 0.150. The number of aromatic nitrogens is 1. The molecule has 1 aliphatic rings. The van der Waals surface area contributed by atoms with Gasteiger partial charge in [0.2, 0.25) is 5.69 Å². The smallest absolute Gasteiger partial charge is 0.220 e. The minimum atomic E-state index is 0.0727. The molecular weight excluding hydrogens is 282 g/mol. The van der Waals surface area contributed by atoms with Crippen LogP contribution in [-0.2, 0) is 13.5 Å². The van der Waals surface area contributed by atoms with E-state index in [0.717, 1.165) is 12.1 Å². The van der Waals surface area contributed by atoms with Crippen LogP contribution in [0.3, 0.4) is 0 Å². The van der Waals surface area contributed by atoms with Crippen LogP contribution in [0.4, 0.5) is 5.69 Å². The fourth-order valence-electron chi connectivity index (χ4n) is 3.53. The molecule has 0 aliphatic heterocycles. The maximum atomic E-state index is 6.16. The van der Waals surface area contributed by atoms with Gasteiger partial charge in [-0.2, -0.15) is 4.57 Å². The minimum Gasteiger partial charge on any atom is -0.399 e. The normalized spacial score (nSPS) is 16.5. The minimum absolute atomic E-state index is 0.0727. The molecule has 0 bridgehead atoms. The van der Waals surface area contributed by atoms with Crippen LogP contribution < -0.4 is 16.0 Å². The average Bonchev–Trinajstić information content (AvgIpc) is 2.56. The van der Waals surface area contributed by atoms with Crippen LogP contribution >= 0.6 is 0 Å². The molecular formula is C20H20N3+. The van der Waals surface area contributed by atoms with Gasteiger partial charge in [0.1, 0.15) is 7.05 Å². The Kier molecular flexibility index (Phi) is 3.17. The lowest BCUT2D eigenvalue weighted by Gasteiger charge is -2.18. The maximum absolute atomic E-state index is 6.16. The number of nitrogens with two attached hydrogens (primary N) is 2. The first kappa shape index (κ1) is 14.0. The molecule has 3 heteroatoms. The van der Waals surface area contributed by atoms with Gasteiger partial charge in [-0.1, -0.05) is 36.4 Å². The van der Waals surface area contributed by atoms with Gasteiger partial charge in [-0.25, -0.2) is 0 Å². The number of hydrogen-bond acceptors (Lipinski definition) is 2. The number of benzene rings is 2. The highest BCUT2D eigenvalue weighted by molar-refractivity contribution is 6.00. The van der Waals surface area contributed by atoms with Crippen molar-refractivity contribution in [2.75, 3.05) is 5.73 Å². The van der Waals surface area contributed by atoms with E-state index in [9.17, 15) is 0 Å². The number of nitrogen functional groups attached to an aromatic ring is 1. The van der Waals surface area contributed by atoms with E-state index in [2.05, 4.69) is 60.2 Å². The van der Waals surface area contributed by atoms with Crippen molar-refractivity contribution in [3.05, 3.63) is 65.9 Å². The van der Waals surface area contributed by atoms with Crippen molar-refractivity contribution in [2.45, 2.75) is 12.5 Å². The fourth-order valence-corrected chi connectivity index (χ4v) is 3.53. The predicted octanol–water partition coefficient (Wildman–Crippen LogP) is 2.81. The monoisotopic (exact) mass is 302 g/mol. The lowest BCUT2D eigenvalue weighted by Crippen LogP contribution is -2.41. The van der Waals surface area contributed by atoms with Crippen molar-refractivity contribution in [1.29, 1.82) is 0 Å². The van der Waals surface area contributed by atoms with E-state index in [4.69, 9.17) is 11.5 Å². The van der Waals surface area contributed by atoms with Crippen LogP contribution in [0.25, 0.3) is 28.1 Å². The van der Waals surface area contributed by atoms with Gasteiger partial charge < -0.3 is 11.5 Å². The standard InChI is InChI=1S/C20H20N3/c1-23-19-12-15(22)8-10-17(19)16-9-7-14(21)11-18(16)20(23)13-5-3-2-4-6-13/h2-11,15H,12,21-22H2,1H3/q+1. The quantitative estimate of drug-likeness (QED) is 0.536. The van der Waals surface area contributed by atoms with Crippen LogP contribution in [0, 0.1) is 0 Å². The predicted molar refractivity (Wildman–Crippen MR) is 95.7 cm³/mol. The number of nitrogens with zero attached hydrogens (tertiary/aromatic N) is 1. The maximum Gasteiger partial charge on any atom is 0.220 e. The summed E-state index contributed by atoms with van der Waals surface area (Å²) in [5.74, 6) is 0. The topological polar surface area (TPSA) is 55.9 Å². The second kappa shape index (κ2) is 5.21. The molecule has 4 rings (SSSR count). The molecule has 3 nitrogen and oxygen atoms in total. The first-order valence-corrected chi connectivity index (χ1v) is 7.88. The third-order valence-corrected chi connectivity index (χ3v) is 4.63. The van der Waals surface area contributed by atoms with E-state index < -0.39 is 0 Å². The molecule has 1 atom stereocenters. The number of rotatable bonds is 1. The van der Waals surface area contributed by atoms with Crippen molar-refractivity contribution >= 4 is 22.5 Å². The molecule has 0 amide bonds. The summed E-state index contributed by atoms with van der Waals surface area (Å²) < 4.78 is 2.27. The zero-order valence-corrected chi connectivity index (χ0v) is 13.2. The summed E-state index contributed by atoms with van der Waals surface area (Å²) in [4.78, 5) is 0. The molecule has 1 unspecified atom stereocenters. The van der Waals surface area contributed by atoms with Crippen molar-refractivity contribution in [3.63, 3.8) is 0 Å². The summed E-state index contributed by atoms with van der Waals surface area (Å²) >= 11 is 0. The average molecular weight is 302 g/mol. The molecule has 23 heavy (non-hydrogen) atoms. The molecule has 0 saturated heterocycles. The van der Waals surface area contributed by atoms with Gasteiger partial charge in [0.15, 0.2) is 5.69 Å². The van der Waals surface area contributed by atoms with E-state index >= 15 is 0 Å². The Balaban J connectivity index is 2.15. The van der Waals surface area contributed by atoms with Crippen LogP contribution in [0.1, 0.15) is 11.3 Å². The Bertz CT molecular complexity index is 927. The highest BCUT2D eigenvalue weighted by atomic mass is 15.0. The van der Waals surface area contributed by atoms with Crippen LogP contribution in [0.5, 0.6) is 0 Å². The van der Waals surface area contributed by atoms with Gasteiger partial charge >= 0.3 is 0 Å². The molecule has 3 aromatic rings. The van der Waals surface area contributed by atoms with Crippen LogP contribution in [0.2, 0.25) is 0 Å². The highest BCUT2D eigenvalue weighted by Gasteiger charge is 2.27. The number of pyridine rings is 1. The van der Waals surface area contributed by atoms with Gasteiger partial charge in [-0.05, 0) is 24.3 Å². The number of fused-ring (bicyclic) bond motifs is 3. The second-order valence-electron chi connectivity index (χ2n) is 6.17. The molecule has 0 spiro atoms. The lowest BCUT2D eigenvalue weighted by molar-refractivity contribution is -0.667. The van der Waals surface area contributed by atoms with Crippen molar-refractivity contribution in [3.8, 4) is 11.3 Å². The summed E-state index contributed by atoms with van der Waals surface area (Å²) in [6.45, 7) is 0. The molecule has 1 heterocycles. The first-order valence-electron chi connectivity index (χ1n) is 7.88. The summed E-state index contributed by atoms with van der Waals surface area (Å²) in [6.07, 6.45) is 5.08. The Morgan fingerprint density at radius 1 is 1.04 bits per heavy atom. The van der Waals surface area contributed by atoms with Gasteiger partial charge in [-0.3, -0.25) is 0 Å². The van der Waals surface area contributed by atoms with Crippen LogP contribution in [-0.4, -0.2) is 6.04 Å². The van der Waals surface area contributed by atoms with E-state index in [1.165, 1.54) is 33.3 Å². The van der Waals surface area contributed by atoms with Gasteiger partial charge in [0, 0.05) is 28.2 Å². The zero-order valence-electron chi connectivity index (χ0n) is 13.2. The van der Waals surface area contributed by atoms with E-state index in [1.54, 1.807) is 0 Å². The highest BCUT2D eigenvalue weighted by Crippen LogP contribution is 2.33. The molecule has 1 aromatic heterocycles. The lowest BCUT2D eigenvalue weighted by atomic mass is 9.91. The van der Waals surface area contributed by atoms with Crippen molar-refractivity contribution in [1.82, 2.24) is 0 Å². The summed E-state index contributed by atoms with van der Waals surface area (Å²) in [7, 11) is 2.12. The Morgan fingerprint density at radius 3 is 2.61 bits per heavy atom. The molecule has 0 radical (unpaired) electrons. The molecule has 1 aliphatic carbocycles. The molecule has 2 aromatic carbocycles. The van der Waals surface area contributed by atoms with E-state index in [-0.39, 0.29) is 6.04 Å².